The summed E-state index contributed by atoms with van der Waals surface area (Å²) < 4.78 is 0. The van der Waals surface area contributed by atoms with Crippen molar-refractivity contribution in [2.45, 2.75) is 32.1 Å². The van der Waals surface area contributed by atoms with E-state index in [1.165, 1.54) is 6.42 Å². The minimum absolute atomic E-state index is 0.0175. The van der Waals surface area contributed by atoms with Gasteiger partial charge in [0.25, 0.3) is 0 Å². The maximum absolute atomic E-state index is 12.5. The number of nitrogens with two attached hydrogens (primary N) is 1. The molecule has 20 heavy (non-hydrogen) atoms. The van der Waals surface area contributed by atoms with Crippen molar-refractivity contribution in [3.05, 3.63) is 29.8 Å². The number of benzene rings is 1. The van der Waals surface area contributed by atoms with E-state index in [9.17, 15) is 4.79 Å². The monoisotopic (exact) mass is 275 g/mol. The van der Waals surface area contributed by atoms with E-state index in [1.807, 2.05) is 12.1 Å². The number of amides is 1. The van der Waals surface area contributed by atoms with E-state index in [-0.39, 0.29) is 17.7 Å². The Bertz CT molecular complexity index is 508. The molecule has 1 amide bonds. The van der Waals surface area contributed by atoms with Crippen LogP contribution in [0.3, 0.4) is 0 Å². The number of hydrogen-bond acceptors (Lipinski definition) is 3. The molecule has 1 fully saturated rings. The number of oxime groups is 1. The molecule has 0 atom stereocenters. The van der Waals surface area contributed by atoms with Gasteiger partial charge in [0.15, 0.2) is 5.84 Å². The molecule has 0 aliphatic heterocycles. The van der Waals surface area contributed by atoms with E-state index < -0.39 is 0 Å². The van der Waals surface area contributed by atoms with Crippen LogP contribution >= 0.6 is 0 Å². The first kappa shape index (κ1) is 14.4. The first-order valence-corrected chi connectivity index (χ1v) is 6.99. The Hall–Kier alpha value is -2.04. The quantitative estimate of drug-likeness (QED) is 0.384. The van der Waals surface area contributed by atoms with E-state index >= 15 is 0 Å². The largest absolute Gasteiger partial charge is 0.409 e. The second-order valence-electron chi connectivity index (χ2n) is 5.23. The van der Waals surface area contributed by atoms with Crippen molar-refractivity contribution in [1.82, 2.24) is 0 Å². The molecule has 5 nitrogen and oxygen atoms in total. The third-order valence-electron chi connectivity index (χ3n) is 3.93. The van der Waals surface area contributed by atoms with Crippen LogP contribution in [0.25, 0.3) is 0 Å². The minimum Gasteiger partial charge on any atom is -0.409 e. The lowest BCUT2D eigenvalue weighted by Gasteiger charge is -2.27. The van der Waals surface area contributed by atoms with Crippen molar-refractivity contribution in [1.29, 1.82) is 0 Å². The van der Waals surface area contributed by atoms with Gasteiger partial charge in [-0.25, -0.2) is 0 Å². The van der Waals surface area contributed by atoms with Gasteiger partial charge in [0, 0.05) is 18.5 Å². The predicted octanol–water partition coefficient (Wildman–Crippen LogP) is 2.32. The molecule has 1 saturated carbocycles. The zero-order chi connectivity index (χ0) is 14.5. The summed E-state index contributed by atoms with van der Waals surface area (Å²) in [6, 6.07) is 7.20. The lowest BCUT2D eigenvalue weighted by molar-refractivity contribution is -0.123. The van der Waals surface area contributed by atoms with Crippen LogP contribution in [-0.4, -0.2) is 24.0 Å². The Kier molecular flexibility index (Phi) is 4.61. The smallest absolute Gasteiger partial charge is 0.229 e. The minimum atomic E-state index is 0.0175. The zero-order valence-corrected chi connectivity index (χ0v) is 11.7. The van der Waals surface area contributed by atoms with Crippen LogP contribution < -0.4 is 10.6 Å². The van der Waals surface area contributed by atoms with Crippen molar-refractivity contribution in [2.24, 2.45) is 16.8 Å². The third-order valence-corrected chi connectivity index (χ3v) is 3.93. The summed E-state index contributed by atoms with van der Waals surface area (Å²) >= 11 is 0. The van der Waals surface area contributed by atoms with Crippen LogP contribution in [0.5, 0.6) is 0 Å². The van der Waals surface area contributed by atoms with Gasteiger partial charge >= 0.3 is 0 Å². The van der Waals surface area contributed by atoms with E-state index in [4.69, 9.17) is 10.9 Å². The summed E-state index contributed by atoms with van der Waals surface area (Å²) in [5, 5.41) is 11.9. The number of anilines is 1. The number of amidine groups is 1. The van der Waals surface area contributed by atoms with Crippen LogP contribution in [0.1, 0.15) is 37.7 Å². The Morgan fingerprint density at radius 1 is 1.30 bits per heavy atom. The van der Waals surface area contributed by atoms with Gasteiger partial charge in [-0.1, -0.05) is 36.6 Å². The molecule has 5 heteroatoms. The van der Waals surface area contributed by atoms with Crippen LogP contribution in [0.4, 0.5) is 5.69 Å². The lowest BCUT2D eigenvalue weighted by Crippen LogP contribution is -2.35. The predicted molar refractivity (Wildman–Crippen MR) is 78.9 cm³/mol. The van der Waals surface area contributed by atoms with Crippen LogP contribution in [0, 0.1) is 5.92 Å². The molecule has 2 rings (SSSR count). The van der Waals surface area contributed by atoms with Gasteiger partial charge in [-0.05, 0) is 25.0 Å². The summed E-state index contributed by atoms with van der Waals surface area (Å²) in [6.45, 7) is 0. The van der Waals surface area contributed by atoms with Gasteiger partial charge in [0.1, 0.15) is 0 Å². The highest BCUT2D eigenvalue weighted by atomic mass is 16.4. The summed E-state index contributed by atoms with van der Waals surface area (Å²) in [7, 11) is 1.75. The molecule has 0 spiro atoms. The molecule has 1 aromatic carbocycles. The fraction of sp³-hybridized carbons (Fsp3) is 0.467. The second kappa shape index (κ2) is 6.41. The average Bonchev–Trinajstić information content (AvgIpc) is 2.53. The van der Waals surface area contributed by atoms with E-state index in [0.717, 1.165) is 25.7 Å². The Morgan fingerprint density at radius 2 is 1.95 bits per heavy atom. The van der Waals surface area contributed by atoms with Gasteiger partial charge in [-0.2, -0.15) is 0 Å². The molecule has 0 bridgehead atoms. The number of carbonyl (C=O) groups is 1. The molecular formula is C15H21N3O2. The molecule has 1 aliphatic rings. The summed E-state index contributed by atoms with van der Waals surface area (Å²) in [6.07, 6.45) is 5.36. The average molecular weight is 275 g/mol. The van der Waals surface area contributed by atoms with Crippen molar-refractivity contribution in [3.63, 3.8) is 0 Å². The Balaban J connectivity index is 2.24. The van der Waals surface area contributed by atoms with Gasteiger partial charge in [-0.15, -0.1) is 0 Å². The molecule has 1 aromatic rings. The van der Waals surface area contributed by atoms with Crippen LogP contribution in [-0.2, 0) is 4.79 Å². The standard InChI is InChI=1S/C15H21N3O2/c1-18(15(19)11-7-3-2-4-8-11)13-10-6-5-9-12(13)14(16)17-20/h5-6,9-11,20H,2-4,7-8H2,1H3,(H2,16,17). The normalized spacial score (nSPS) is 16.9. The summed E-state index contributed by atoms with van der Waals surface area (Å²) in [5.41, 5.74) is 6.92. The Morgan fingerprint density at radius 3 is 2.60 bits per heavy atom. The van der Waals surface area contributed by atoms with Gasteiger partial charge in [0.05, 0.1) is 5.69 Å². The van der Waals surface area contributed by atoms with Gasteiger partial charge < -0.3 is 15.8 Å². The first-order chi connectivity index (χ1) is 9.65. The highest BCUT2D eigenvalue weighted by Gasteiger charge is 2.26. The fourth-order valence-corrected chi connectivity index (χ4v) is 2.78. The fourth-order valence-electron chi connectivity index (χ4n) is 2.78. The van der Waals surface area contributed by atoms with E-state index in [1.54, 1.807) is 24.1 Å². The number of para-hydroxylation sites is 1. The number of carbonyl (C=O) groups excluding carboxylic acids is 1. The number of nitrogens with zero attached hydrogens (tertiary/aromatic N) is 2. The summed E-state index contributed by atoms with van der Waals surface area (Å²) in [5.74, 6) is 0.223. The van der Waals surface area contributed by atoms with E-state index in [2.05, 4.69) is 5.16 Å². The molecule has 3 N–H and O–H groups in total. The van der Waals surface area contributed by atoms with Crippen LogP contribution in [0.2, 0.25) is 0 Å². The molecule has 0 unspecified atom stereocenters. The molecule has 0 heterocycles. The number of hydrogen-bond donors (Lipinski definition) is 2. The highest BCUT2D eigenvalue weighted by molar-refractivity contribution is 6.06. The van der Waals surface area contributed by atoms with Crippen molar-refractivity contribution >= 4 is 17.4 Å². The molecule has 108 valence electrons. The summed E-state index contributed by atoms with van der Waals surface area (Å²) in [4.78, 5) is 14.2. The molecule has 0 saturated heterocycles. The van der Waals surface area contributed by atoms with Gasteiger partial charge in [-0.3, -0.25) is 4.79 Å². The molecular weight excluding hydrogens is 254 g/mol. The third kappa shape index (κ3) is 2.92. The van der Waals surface area contributed by atoms with Crippen molar-refractivity contribution < 1.29 is 10.0 Å². The second-order valence-corrected chi connectivity index (χ2v) is 5.23. The SMILES string of the molecule is CN(C(=O)C1CCCCC1)c1ccccc1/C(N)=N/O. The van der Waals surface area contributed by atoms with Crippen molar-refractivity contribution in [2.75, 3.05) is 11.9 Å². The maximum Gasteiger partial charge on any atom is 0.229 e. The molecule has 0 aromatic heterocycles. The highest BCUT2D eigenvalue weighted by Crippen LogP contribution is 2.28. The van der Waals surface area contributed by atoms with Crippen molar-refractivity contribution in [3.8, 4) is 0 Å². The number of rotatable bonds is 3. The maximum atomic E-state index is 12.5. The topological polar surface area (TPSA) is 78.9 Å². The van der Waals surface area contributed by atoms with E-state index in [0.29, 0.717) is 11.3 Å². The molecule has 0 radical (unpaired) electrons. The van der Waals surface area contributed by atoms with Gasteiger partial charge in [0.2, 0.25) is 5.91 Å². The first-order valence-electron chi connectivity index (χ1n) is 6.99. The Labute approximate surface area is 119 Å². The lowest BCUT2D eigenvalue weighted by atomic mass is 9.88. The molecule has 1 aliphatic carbocycles. The van der Waals surface area contributed by atoms with Crippen LogP contribution in [0.15, 0.2) is 29.4 Å². The zero-order valence-electron chi connectivity index (χ0n) is 11.7.